The van der Waals surface area contributed by atoms with Crippen molar-refractivity contribution in [1.82, 2.24) is 4.90 Å². The number of likely N-dealkylation sites (N-methyl/N-ethyl adjacent to an activating group) is 1. The Morgan fingerprint density at radius 1 is 1.56 bits per heavy atom. The van der Waals surface area contributed by atoms with Gasteiger partial charge >= 0.3 is 0 Å². The Hall–Kier alpha value is -1.62. The molecule has 0 bridgehead atoms. The maximum Gasteiger partial charge on any atom is 0.263 e. The Bertz CT molecular complexity index is 462. The van der Waals surface area contributed by atoms with Gasteiger partial charge in [-0.1, -0.05) is 6.07 Å². The minimum Gasteiger partial charge on any atom is -0.480 e. The first-order chi connectivity index (χ1) is 8.49. The largest absolute Gasteiger partial charge is 0.480 e. The number of amides is 1. The highest BCUT2D eigenvalue weighted by molar-refractivity contribution is 5.83. The van der Waals surface area contributed by atoms with Crippen molar-refractivity contribution in [2.75, 3.05) is 13.6 Å². The fourth-order valence-electron chi connectivity index (χ4n) is 2.01. The number of benzene rings is 1. The molecule has 5 heteroatoms. The molecule has 1 unspecified atom stereocenters. The zero-order valence-corrected chi connectivity index (χ0v) is 10.5. The number of nitrogens with zero attached hydrogens (tertiary/aromatic N) is 1. The van der Waals surface area contributed by atoms with E-state index in [1.807, 2.05) is 0 Å². The molecule has 2 atom stereocenters. The number of hydrogen-bond donors (Lipinski definition) is 1. The van der Waals surface area contributed by atoms with E-state index in [1.54, 1.807) is 31.0 Å². The maximum atomic E-state index is 13.7. The molecule has 1 heterocycles. The van der Waals surface area contributed by atoms with Gasteiger partial charge in [-0.2, -0.15) is 0 Å². The van der Waals surface area contributed by atoms with Crippen LogP contribution in [-0.4, -0.2) is 30.5 Å². The van der Waals surface area contributed by atoms with E-state index in [0.29, 0.717) is 24.3 Å². The molecule has 0 radical (unpaired) electrons. The van der Waals surface area contributed by atoms with Crippen LogP contribution >= 0.6 is 0 Å². The fraction of sp³-hybridized carbons (Fsp3) is 0.462. The molecule has 0 aliphatic carbocycles. The smallest absolute Gasteiger partial charge is 0.263 e. The summed E-state index contributed by atoms with van der Waals surface area (Å²) in [5.41, 5.74) is 6.07. The van der Waals surface area contributed by atoms with Crippen molar-refractivity contribution in [1.29, 1.82) is 0 Å². The molecule has 1 aliphatic heterocycles. The van der Waals surface area contributed by atoms with Crippen LogP contribution in [0.25, 0.3) is 0 Å². The summed E-state index contributed by atoms with van der Waals surface area (Å²) in [5.74, 6) is -0.0986. The number of halogens is 1. The molecule has 98 valence electrons. The van der Waals surface area contributed by atoms with E-state index >= 15 is 0 Å². The topological polar surface area (TPSA) is 55.6 Å². The van der Waals surface area contributed by atoms with Gasteiger partial charge < -0.3 is 15.4 Å². The van der Waals surface area contributed by atoms with Crippen molar-refractivity contribution < 1.29 is 13.9 Å². The predicted octanol–water partition coefficient (Wildman–Crippen LogP) is 1.45. The van der Waals surface area contributed by atoms with Crippen LogP contribution in [-0.2, 0) is 4.79 Å². The van der Waals surface area contributed by atoms with Gasteiger partial charge in [-0.05, 0) is 13.0 Å². The summed E-state index contributed by atoms with van der Waals surface area (Å²) in [4.78, 5) is 13.3. The summed E-state index contributed by atoms with van der Waals surface area (Å²) in [5, 5.41) is 0. The van der Waals surface area contributed by atoms with Crippen LogP contribution in [0.4, 0.5) is 4.39 Å². The van der Waals surface area contributed by atoms with E-state index in [1.165, 1.54) is 6.07 Å². The predicted molar refractivity (Wildman–Crippen MR) is 65.7 cm³/mol. The number of carbonyl (C=O) groups is 1. The van der Waals surface area contributed by atoms with E-state index < -0.39 is 11.9 Å². The highest BCUT2D eigenvalue weighted by atomic mass is 19.1. The molecule has 1 aromatic carbocycles. The first-order valence-electron chi connectivity index (χ1n) is 5.95. The SMILES string of the molecule is C[C@@H](N)c1ccc(OC2CCN(C)C2=O)cc1F. The standard InChI is InChI=1S/C13H17FN2O2/c1-8(15)10-4-3-9(7-11(10)14)18-12-5-6-16(2)13(12)17/h3-4,7-8,12H,5-6,15H2,1-2H3/t8-,12?/m1/s1. The van der Waals surface area contributed by atoms with E-state index in [9.17, 15) is 9.18 Å². The van der Waals surface area contributed by atoms with E-state index in [4.69, 9.17) is 10.5 Å². The quantitative estimate of drug-likeness (QED) is 0.886. The minimum atomic E-state index is -0.504. The summed E-state index contributed by atoms with van der Waals surface area (Å²) in [6.45, 7) is 2.39. The van der Waals surface area contributed by atoms with Crippen molar-refractivity contribution >= 4 is 5.91 Å². The Labute approximate surface area is 106 Å². The lowest BCUT2D eigenvalue weighted by molar-refractivity contribution is -0.132. The third-order valence-corrected chi connectivity index (χ3v) is 3.12. The molecule has 2 N–H and O–H groups in total. The van der Waals surface area contributed by atoms with Crippen molar-refractivity contribution in [3.8, 4) is 5.75 Å². The Balaban J connectivity index is 2.11. The number of rotatable bonds is 3. The molecule has 18 heavy (non-hydrogen) atoms. The van der Waals surface area contributed by atoms with Crippen molar-refractivity contribution in [2.45, 2.75) is 25.5 Å². The van der Waals surface area contributed by atoms with Gasteiger partial charge in [0.1, 0.15) is 11.6 Å². The van der Waals surface area contributed by atoms with Gasteiger partial charge in [-0.25, -0.2) is 4.39 Å². The summed E-state index contributed by atoms with van der Waals surface area (Å²) >= 11 is 0. The van der Waals surface area contributed by atoms with Crippen LogP contribution in [0, 0.1) is 5.82 Å². The molecule has 1 aromatic rings. The third-order valence-electron chi connectivity index (χ3n) is 3.12. The second-order valence-corrected chi connectivity index (χ2v) is 4.63. The summed E-state index contributed by atoms with van der Waals surface area (Å²) in [7, 11) is 1.73. The summed E-state index contributed by atoms with van der Waals surface area (Å²) in [6, 6.07) is 4.16. The summed E-state index contributed by atoms with van der Waals surface area (Å²) < 4.78 is 19.2. The highest BCUT2D eigenvalue weighted by Crippen LogP contribution is 2.23. The van der Waals surface area contributed by atoms with Crippen LogP contribution in [0.15, 0.2) is 18.2 Å². The van der Waals surface area contributed by atoms with Gasteiger partial charge in [0.25, 0.3) is 5.91 Å². The lowest BCUT2D eigenvalue weighted by Gasteiger charge is -2.14. The van der Waals surface area contributed by atoms with Crippen LogP contribution in [0.5, 0.6) is 5.75 Å². The monoisotopic (exact) mass is 252 g/mol. The zero-order chi connectivity index (χ0) is 13.3. The second-order valence-electron chi connectivity index (χ2n) is 4.63. The molecular formula is C13H17FN2O2. The molecule has 1 amide bonds. The minimum absolute atomic E-state index is 0.0633. The van der Waals surface area contributed by atoms with E-state index in [0.717, 1.165) is 0 Å². The molecule has 1 aliphatic rings. The molecule has 1 fully saturated rings. The molecule has 0 saturated carbocycles. The fourth-order valence-corrected chi connectivity index (χ4v) is 2.01. The number of carbonyl (C=O) groups excluding carboxylic acids is 1. The van der Waals surface area contributed by atoms with E-state index in [2.05, 4.69) is 0 Å². The molecular weight excluding hydrogens is 235 g/mol. The van der Waals surface area contributed by atoms with Gasteiger partial charge in [0.15, 0.2) is 6.10 Å². The molecule has 0 aromatic heterocycles. The van der Waals surface area contributed by atoms with Crippen LogP contribution < -0.4 is 10.5 Å². The highest BCUT2D eigenvalue weighted by Gasteiger charge is 2.30. The van der Waals surface area contributed by atoms with Crippen LogP contribution in [0.2, 0.25) is 0 Å². The number of ether oxygens (including phenoxy) is 1. The molecule has 2 rings (SSSR count). The molecule has 0 spiro atoms. The van der Waals surface area contributed by atoms with Crippen molar-refractivity contribution in [3.05, 3.63) is 29.6 Å². The van der Waals surface area contributed by atoms with Gasteiger partial charge in [-0.15, -0.1) is 0 Å². The van der Waals surface area contributed by atoms with Gasteiger partial charge in [-0.3, -0.25) is 4.79 Å². The van der Waals surface area contributed by atoms with Crippen molar-refractivity contribution in [3.63, 3.8) is 0 Å². The first-order valence-corrected chi connectivity index (χ1v) is 5.95. The average molecular weight is 252 g/mol. The number of nitrogens with two attached hydrogens (primary N) is 1. The van der Waals surface area contributed by atoms with Crippen LogP contribution in [0.3, 0.4) is 0 Å². The van der Waals surface area contributed by atoms with Gasteiger partial charge in [0, 0.05) is 37.7 Å². The van der Waals surface area contributed by atoms with Gasteiger partial charge in [0.2, 0.25) is 0 Å². The second kappa shape index (κ2) is 4.94. The normalized spacial score (nSPS) is 21.2. The van der Waals surface area contributed by atoms with E-state index in [-0.39, 0.29) is 11.9 Å². The molecule has 1 saturated heterocycles. The zero-order valence-electron chi connectivity index (χ0n) is 10.5. The number of hydrogen-bond acceptors (Lipinski definition) is 3. The Morgan fingerprint density at radius 2 is 2.28 bits per heavy atom. The lowest BCUT2D eigenvalue weighted by atomic mass is 10.1. The van der Waals surface area contributed by atoms with Crippen molar-refractivity contribution in [2.24, 2.45) is 5.73 Å². The summed E-state index contributed by atoms with van der Waals surface area (Å²) in [6.07, 6.45) is 0.127. The lowest BCUT2D eigenvalue weighted by Crippen LogP contribution is -2.29. The number of likely N-dealkylation sites (tertiary alicyclic amines) is 1. The average Bonchev–Trinajstić information content (AvgIpc) is 2.61. The third kappa shape index (κ3) is 2.46. The van der Waals surface area contributed by atoms with Crippen LogP contribution in [0.1, 0.15) is 24.9 Å². The Morgan fingerprint density at radius 3 is 2.78 bits per heavy atom. The van der Waals surface area contributed by atoms with Gasteiger partial charge in [0.05, 0.1) is 0 Å². The Kier molecular flexibility index (Phi) is 3.52. The molecule has 4 nitrogen and oxygen atoms in total. The first kappa shape index (κ1) is 12.8. The maximum absolute atomic E-state index is 13.7.